The molecular weight excluding hydrogens is 237 g/mol. The van der Waals surface area contributed by atoms with Crippen LogP contribution in [0.5, 0.6) is 0 Å². The van der Waals surface area contributed by atoms with Crippen molar-refractivity contribution in [3.05, 3.63) is 0 Å². The summed E-state index contributed by atoms with van der Waals surface area (Å²) >= 11 is 0. The lowest BCUT2D eigenvalue weighted by Gasteiger charge is -2.16. The van der Waals surface area contributed by atoms with E-state index < -0.39 is 32.7 Å². The van der Waals surface area contributed by atoms with Gasteiger partial charge in [0.15, 0.2) is 6.29 Å². The summed E-state index contributed by atoms with van der Waals surface area (Å²) in [5, 5.41) is 34.1. The average Bonchev–Trinajstić information content (AvgIpc) is 2.11. The third-order valence-electron chi connectivity index (χ3n) is 1.07. The molecule has 0 saturated heterocycles. The van der Waals surface area contributed by atoms with E-state index in [-0.39, 0.29) is 6.29 Å². The molecule has 0 aliphatic rings. The Morgan fingerprint density at radius 1 is 1.13 bits per heavy atom. The topological polar surface area (TPSA) is 176 Å². The van der Waals surface area contributed by atoms with Crippen LogP contribution in [-0.4, -0.2) is 66.3 Å². The van der Waals surface area contributed by atoms with Gasteiger partial charge in [0.2, 0.25) is 0 Å². The Morgan fingerprint density at radius 3 is 1.67 bits per heavy atom. The van der Waals surface area contributed by atoms with Crippen molar-refractivity contribution in [1.29, 1.82) is 0 Å². The summed E-state index contributed by atoms with van der Waals surface area (Å²) in [6.45, 7) is -0.688. The quantitative estimate of drug-likeness (QED) is 0.150. The summed E-state index contributed by atoms with van der Waals surface area (Å²) in [6, 6.07) is 0. The largest absolute Gasteiger partial charge is 0.466 e. The number of hydrogen-bond acceptors (Lipinski definition) is 6. The first kappa shape index (κ1) is 17.0. The van der Waals surface area contributed by atoms with E-state index in [1.54, 1.807) is 0 Å². The van der Waals surface area contributed by atoms with E-state index in [9.17, 15) is 4.79 Å². The van der Waals surface area contributed by atoms with Gasteiger partial charge in [0, 0.05) is 0 Å². The van der Waals surface area contributed by atoms with Gasteiger partial charge in [-0.3, -0.25) is 0 Å². The van der Waals surface area contributed by atoms with E-state index in [2.05, 4.69) is 0 Å². The minimum absolute atomic E-state index is 0.0869. The van der Waals surface area contributed by atoms with Crippen molar-refractivity contribution in [2.75, 3.05) is 6.61 Å². The van der Waals surface area contributed by atoms with E-state index in [0.717, 1.165) is 0 Å². The number of aliphatic hydroxyl groups excluding tert-OH is 4. The Hall–Kier alpha value is -0.380. The van der Waals surface area contributed by atoms with Crippen LogP contribution in [0.2, 0.25) is 0 Å². The van der Waals surface area contributed by atoms with Gasteiger partial charge in [0.1, 0.15) is 18.3 Å². The average molecular weight is 250 g/mol. The summed E-state index contributed by atoms with van der Waals surface area (Å²) in [5.74, 6) is 0. The first-order valence-electron chi connectivity index (χ1n) is 3.52. The van der Waals surface area contributed by atoms with Gasteiger partial charge in [-0.2, -0.15) is 0 Å². The van der Waals surface area contributed by atoms with Gasteiger partial charge in [0.25, 0.3) is 0 Å². The zero-order valence-electron chi connectivity index (χ0n) is 7.41. The van der Waals surface area contributed by atoms with E-state index in [0.29, 0.717) is 0 Å². The molecule has 0 saturated carbocycles. The number of aliphatic hydroxyl groups is 4. The van der Waals surface area contributed by atoms with Crippen molar-refractivity contribution in [2.45, 2.75) is 18.3 Å². The van der Waals surface area contributed by atoms with Gasteiger partial charge in [-0.1, -0.05) is 0 Å². The monoisotopic (exact) mass is 250 g/mol. The number of hydrogen-bond donors (Lipinski definition) is 7. The third-order valence-corrected chi connectivity index (χ3v) is 1.07. The fourth-order valence-electron chi connectivity index (χ4n) is 0.416. The molecule has 9 nitrogen and oxygen atoms in total. The molecule has 0 fully saturated rings. The molecule has 0 aliphatic heterocycles. The predicted molar refractivity (Wildman–Crippen MR) is 45.4 cm³/mol. The minimum atomic E-state index is -4.64. The maximum Gasteiger partial charge on any atom is 0.466 e. The molecule has 10 heteroatoms. The van der Waals surface area contributed by atoms with Crippen molar-refractivity contribution in [3.8, 4) is 0 Å². The molecule has 15 heavy (non-hydrogen) atoms. The molecule has 0 unspecified atom stereocenters. The standard InChI is InChI=1S/C5H10O5.H3O4P/c6-1-3(8)5(10)4(9)2-7;1-5(2,3)4/h1,3-5,7-10H,2H2;(H3,1,2,3,4)/t3-,4+,5-;/m0./s1/i1+1,3+1;. The molecule has 3 atom stereocenters. The van der Waals surface area contributed by atoms with Crippen LogP contribution in [0.3, 0.4) is 0 Å². The normalized spacial score (nSPS) is 17.0. The molecule has 92 valence electrons. The van der Waals surface area contributed by atoms with Gasteiger partial charge < -0.3 is 39.9 Å². The molecule has 0 spiro atoms. The van der Waals surface area contributed by atoms with Gasteiger partial charge >= 0.3 is 7.82 Å². The lowest BCUT2D eigenvalue weighted by Crippen LogP contribution is -2.40. The number of carbonyl (C=O) groups excluding carboxylic acids is 1. The van der Waals surface area contributed by atoms with Crippen LogP contribution in [-0.2, 0) is 9.36 Å². The smallest absolute Gasteiger partial charge is 0.394 e. The first-order valence-corrected chi connectivity index (χ1v) is 5.08. The van der Waals surface area contributed by atoms with Crippen LogP contribution >= 0.6 is 7.82 Å². The van der Waals surface area contributed by atoms with Crippen LogP contribution < -0.4 is 0 Å². The molecule has 0 rings (SSSR count). The van der Waals surface area contributed by atoms with Gasteiger partial charge in [-0.15, -0.1) is 0 Å². The number of phosphoric acid groups is 1. The molecule has 0 amide bonds. The zero-order chi connectivity index (χ0) is 12.6. The Balaban J connectivity index is 0. The summed E-state index contributed by atoms with van der Waals surface area (Å²) in [5.41, 5.74) is 0. The van der Waals surface area contributed by atoms with E-state index in [1.165, 1.54) is 0 Å². The predicted octanol–water partition coefficient (Wildman–Crippen LogP) is -3.67. The molecule has 0 bridgehead atoms. The highest BCUT2D eigenvalue weighted by Gasteiger charge is 2.22. The Kier molecular flexibility index (Phi) is 8.92. The van der Waals surface area contributed by atoms with Crippen molar-refractivity contribution in [1.82, 2.24) is 0 Å². The molecular formula is C5H13O9P. The highest BCUT2D eigenvalue weighted by Crippen LogP contribution is 2.25. The van der Waals surface area contributed by atoms with Crippen LogP contribution in [0, 0.1) is 0 Å². The van der Waals surface area contributed by atoms with Crippen molar-refractivity contribution < 1.29 is 44.5 Å². The van der Waals surface area contributed by atoms with Crippen LogP contribution in [0.25, 0.3) is 0 Å². The maximum atomic E-state index is 9.76. The number of aldehydes is 1. The molecule has 0 aromatic carbocycles. The number of rotatable bonds is 4. The van der Waals surface area contributed by atoms with Crippen LogP contribution in [0.15, 0.2) is 0 Å². The number of carbonyl (C=O) groups is 1. The van der Waals surface area contributed by atoms with Gasteiger partial charge in [0.05, 0.1) is 6.61 Å². The minimum Gasteiger partial charge on any atom is -0.394 e. The Labute approximate surface area is 84.5 Å². The van der Waals surface area contributed by atoms with E-state index in [1.807, 2.05) is 0 Å². The van der Waals surface area contributed by atoms with Crippen LogP contribution in [0.1, 0.15) is 0 Å². The SMILES string of the molecule is O=P(O)(O)O.O=[13CH][13C@H](O)[C@H](O)[C@H](O)CO. The lowest BCUT2D eigenvalue weighted by atomic mass is 10.3. The molecule has 0 aliphatic carbocycles. The fourth-order valence-corrected chi connectivity index (χ4v) is 0.416. The second-order valence-electron chi connectivity index (χ2n) is 2.38. The highest BCUT2D eigenvalue weighted by molar-refractivity contribution is 7.45. The van der Waals surface area contributed by atoms with E-state index >= 15 is 0 Å². The molecule has 0 aromatic heterocycles. The molecule has 0 aromatic rings. The summed E-state index contributed by atoms with van der Waals surface area (Å²) < 4.78 is 8.88. The van der Waals surface area contributed by atoms with Crippen molar-refractivity contribution in [2.24, 2.45) is 0 Å². The Bertz CT molecular complexity index is 204. The van der Waals surface area contributed by atoms with Crippen LogP contribution in [0.4, 0.5) is 0 Å². The lowest BCUT2D eigenvalue weighted by molar-refractivity contribution is -0.127. The zero-order valence-corrected chi connectivity index (χ0v) is 8.31. The first-order chi connectivity index (χ1) is 6.63. The molecule has 0 radical (unpaired) electrons. The summed E-state index contributed by atoms with van der Waals surface area (Å²) in [4.78, 5) is 31.3. The maximum absolute atomic E-state index is 9.76. The van der Waals surface area contributed by atoms with Crippen molar-refractivity contribution >= 4 is 14.1 Å². The molecule has 7 N–H and O–H groups in total. The Morgan fingerprint density at radius 2 is 1.47 bits per heavy atom. The fraction of sp³-hybridized carbons (Fsp3) is 0.800. The van der Waals surface area contributed by atoms with E-state index in [4.69, 9.17) is 39.7 Å². The van der Waals surface area contributed by atoms with Gasteiger partial charge in [-0.25, -0.2) is 4.57 Å². The molecule has 0 heterocycles. The summed E-state index contributed by atoms with van der Waals surface area (Å²) in [7, 11) is -4.64. The second-order valence-corrected chi connectivity index (χ2v) is 3.41. The second kappa shape index (κ2) is 7.85. The van der Waals surface area contributed by atoms with Gasteiger partial charge in [-0.05, 0) is 0 Å². The summed E-state index contributed by atoms with van der Waals surface area (Å²) in [6.07, 6.45) is -4.63. The third kappa shape index (κ3) is 13.6. The van der Waals surface area contributed by atoms with Crippen molar-refractivity contribution in [3.63, 3.8) is 0 Å². The highest BCUT2D eigenvalue weighted by atomic mass is 31.2.